The summed E-state index contributed by atoms with van der Waals surface area (Å²) in [6.07, 6.45) is 1.04. The Morgan fingerprint density at radius 1 is 1.12 bits per heavy atom. The second-order valence-electron chi connectivity index (χ2n) is 5.91. The average Bonchev–Trinajstić information content (AvgIpc) is 2.98. The monoisotopic (exact) mass is 342 g/mol. The van der Waals surface area contributed by atoms with Gasteiger partial charge in [-0.2, -0.15) is 0 Å². The molecule has 1 heterocycles. The van der Waals surface area contributed by atoms with Crippen molar-refractivity contribution in [2.45, 2.75) is 12.8 Å². The number of hydrogen-bond acceptors (Lipinski definition) is 2. The van der Waals surface area contributed by atoms with Crippen LogP contribution in [0.2, 0.25) is 5.02 Å². The number of halogens is 1. The molecule has 0 aromatic heterocycles. The molecule has 1 atom stereocenters. The zero-order valence-corrected chi connectivity index (χ0v) is 14.0. The average molecular weight is 343 g/mol. The topological polar surface area (TPSA) is 49.4 Å². The molecule has 0 bridgehead atoms. The first-order chi connectivity index (χ1) is 11.6. The fourth-order valence-electron chi connectivity index (χ4n) is 2.87. The molecule has 0 spiro atoms. The van der Waals surface area contributed by atoms with Crippen molar-refractivity contribution >= 4 is 29.1 Å². The van der Waals surface area contributed by atoms with E-state index in [4.69, 9.17) is 11.6 Å². The van der Waals surface area contributed by atoms with E-state index >= 15 is 0 Å². The van der Waals surface area contributed by atoms with E-state index in [1.165, 1.54) is 5.56 Å². The van der Waals surface area contributed by atoms with Crippen LogP contribution in [0.3, 0.4) is 0 Å². The predicted octanol–water partition coefficient (Wildman–Crippen LogP) is 3.05. The van der Waals surface area contributed by atoms with Gasteiger partial charge in [-0.3, -0.25) is 9.59 Å². The van der Waals surface area contributed by atoms with Crippen molar-refractivity contribution < 1.29 is 9.59 Å². The Hall–Kier alpha value is -2.33. The number of benzene rings is 2. The second kappa shape index (κ2) is 7.49. The van der Waals surface area contributed by atoms with Crippen molar-refractivity contribution in [2.24, 2.45) is 5.92 Å². The summed E-state index contributed by atoms with van der Waals surface area (Å²) in [4.78, 5) is 26.1. The first-order valence-corrected chi connectivity index (χ1v) is 8.39. The number of hydrogen-bond donors (Lipinski definition) is 1. The van der Waals surface area contributed by atoms with Crippen LogP contribution in [0.4, 0.5) is 5.69 Å². The fourth-order valence-corrected chi connectivity index (χ4v) is 3.00. The molecule has 3 rings (SSSR count). The fraction of sp³-hybridized carbons (Fsp3) is 0.263. The van der Waals surface area contributed by atoms with E-state index in [9.17, 15) is 9.59 Å². The number of nitrogens with one attached hydrogen (secondary N) is 1. The molecular weight excluding hydrogens is 324 g/mol. The lowest BCUT2D eigenvalue weighted by Crippen LogP contribution is -2.34. The van der Waals surface area contributed by atoms with Crippen LogP contribution < -0.4 is 10.2 Å². The van der Waals surface area contributed by atoms with E-state index in [0.29, 0.717) is 18.1 Å². The van der Waals surface area contributed by atoms with E-state index in [1.54, 1.807) is 29.2 Å². The molecule has 1 aliphatic heterocycles. The molecule has 24 heavy (non-hydrogen) atoms. The molecular formula is C19H19ClN2O2. The number of anilines is 1. The van der Waals surface area contributed by atoms with E-state index < -0.39 is 0 Å². The number of carbonyl (C=O) groups excluding carboxylic acids is 2. The van der Waals surface area contributed by atoms with Crippen LogP contribution in [0.5, 0.6) is 0 Å². The van der Waals surface area contributed by atoms with Crippen LogP contribution in [0.1, 0.15) is 12.0 Å². The molecule has 1 fully saturated rings. The highest BCUT2D eigenvalue weighted by molar-refractivity contribution is 6.30. The summed E-state index contributed by atoms with van der Waals surface area (Å²) < 4.78 is 0. The Morgan fingerprint density at radius 2 is 1.83 bits per heavy atom. The quantitative estimate of drug-likeness (QED) is 0.908. The normalized spacial score (nSPS) is 17.1. The van der Waals surface area contributed by atoms with Crippen LogP contribution in [-0.4, -0.2) is 24.9 Å². The highest BCUT2D eigenvalue weighted by Gasteiger charge is 2.34. The van der Waals surface area contributed by atoms with Crippen molar-refractivity contribution in [2.75, 3.05) is 18.0 Å². The standard InChI is InChI=1S/C19H19ClN2O2/c20-16-6-8-17(9-7-16)22-13-15(12-18(22)23)19(24)21-11-10-14-4-2-1-3-5-14/h1-9,15H,10-13H2,(H,21,24). The third kappa shape index (κ3) is 3.95. The summed E-state index contributed by atoms with van der Waals surface area (Å²) in [6, 6.07) is 17.1. The molecule has 4 nitrogen and oxygen atoms in total. The van der Waals surface area contributed by atoms with Gasteiger partial charge in [-0.05, 0) is 36.2 Å². The van der Waals surface area contributed by atoms with Crippen molar-refractivity contribution in [3.8, 4) is 0 Å². The van der Waals surface area contributed by atoms with E-state index in [0.717, 1.165) is 12.1 Å². The van der Waals surface area contributed by atoms with E-state index in [2.05, 4.69) is 5.32 Å². The van der Waals surface area contributed by atoms with Gasteiger partial charge in [0.25, 0.3) is 0 Å². The highest BCUT2D eigenvalue weighted by atomic mass is 35.5. The van der Waals surface area contributed by atoms with Crippen LogP contribution >= 0.6 is 11.6 Å². The molecule has 0 radical (unpaired) electrons. The minimum atomic E-state index is -0.302. The highest BCUT2D eigenvalue weighted by Crippen LogP contribution is 2.26. The summed E-state index contributed by atoms with van der Waals surface area (Å²) in [6.45, 7) is 0.992. The van der Waals surface area contributed by atoms with Crippen molar-refractivity contribution in [3.05, 3.63) is 65.2 Å². The van der Waals surface area contributed by atoms with Gasteiger partial charge in [-0.15, -0.1) is 0 Å². The van der Waals surface area contributed by atoms with Gasteiger partial charge in [0.15, 0.2) is 0 Å². The van der Waals surface area contributed by atoms with Crippen molar-refractivity contribution in [3.63, 3.8) is 0 Å². The Morgan fingerprint density at radius 3 is 2.54 bits per heavy atom. The summed E-state index contributed by atoms with van der Waals surface area (Å²) in [7, 11) is 0. The third-order valence-electron chi connectivity index (χ3n) is 4.19. The molecule has 5 heteroatoms. The largest absolute Gasteiger partial charge is 0.355 e. The Balaban J connectivity index is 1.53. The van der Waals surface area contributed by atoms with Gasteiger partial charge in [0.1, 0.15) is 0 Å². The lowest BCUT2D eigenvalue weighted by Gasteiger charge is -2.16. The first-order valence-electron chi connectivity index (χ1n) is 8.01. The molecule has 1 aliphatic rings. The van der Waals surface area contributed by atoms with Crippen LogP contribution in [0.15, 0.2) is 54.6 Å². The van der Waals surface area contributed by atoms with Crippen LogP contribution in [0, 0.1) is 5.92 Å². The van der Waals surface area contributed by atoms with Gasteiger partial charge in [0.2, 0.25) is 11.8 Å². The smallest absolute Gasteiger partial charge is 0.227 e. The molecule has 1 saturated heterocycles. The predicted molar refractivity (Wildman–Crippen MR) is 95.1 cm³/mol. The maximum atomic E-state index is 12.3. The zero-order valence-electron chi connectivity index (χ0n) is 13.2. The molecule has 1 N–H and O–H groups in total. The van der Waals surface area contributed by atoms with E-state index in [-0.39, 0.29) is 24.2 Å². The van der Waals surface area contributed by atoms with Crippen LogP contribution in [0.25, 0.3) is 0 Å². The lowest BCUT2D eigenvalue weighted by atomic mass is 10.1. The number of carbonyl (C=O) groups is 2. The van der Waals surface area contributed by atoms with Crippen molar-refractivity contribution in [1.29, 1.82) is 0 Å². The molecule has 0 aliphatic carbocycles. The lowest BCUT2D eigenvalue weighted by molar-refractivity contribution is -0.126. The van der Waals surface area contributed by atoms with Crippen molar-refractivity contribution in [1.82, 2.24) is 5.32 Å². The second-order valence-corrected chi connectivity index (χ2v) is 6.34. The summed E-state index contributed by atoms with van der Waals surface area (Å²) in [5.41, 5.74) is 1.96. The first kappa shape index (κ1) is 16.5. The Bertz CT molecular complexity index is 716. The molecule has 2 amide bonds. The number of amides is 2. The molecule has 124 valence electrons. The maximum absolute atomic E-state index is 12.3. The third-order valence-corrected chi connectivity index (χ3v) is 4.44. The number of nitrogens with zero attached hydrogens (tertiary/aromatic N) is 1. The summed E-state index contributed by atoms with van der Waals surface area (Å²) >= 11 is 5.87. The molecule has 0 saturated carbocycles. The van der Waals surface area contributed by atoms with Crippen LogP contribution in [-0.2, 0) is 16.0 Å². The maximum Gasteiger partial charge on any atom is 0.227 e. The van der Waals surface area contributed by atoms with Gasteiger partial charge in [0, 0.05) is 30.2 Å². The molecule has 2 aromatic rings. The minimum Gasteiger partial charge on any atom is -0.355 e. The number of rotatable bonds is 5. The molecule has 2 aromatic carbocycles. The van der Waals surface area contributed by atoms with Gasteiger partial charge < -0.3 is 10.2 Å². The minimum absolute atomic E-state index is 0.0273. The zero-order chi connectivity index (χ0) is 16.9. The van der Waals surface area contributed by atoms with E-state index in [1.807, 2.05) is 30.3 Å². The summed E-state index contributed by atoms with van der Waals surface area (Å²) in [5.74, 6) is -0.389. The van der Waals surface area contributed by atoms with Gasteiger partial charge in [-0.1, -0.05) is 41.9 Å². The van der Waals surface area contributed by atoms with Gasteiger partial charge >= 0.3 is 0 Å². The SMILES string of the molecule is O=C(NCCc1ccccc1)C1CC(=O)N(c2ccc(Cl)cc2)C1. The summed E-state index contributed by atoms with van der Waals surface area (Å²) in [5, 5.41) is 3.56. The Kier molecular flexibility index (Phi) is 5.16. The molecule has 1 unspecified atom stereocenters. The Labute approximate surface area is 146 Å². The van der Waals surface area contributed by atoms with Gasteiger partial charge in [0.05, 0.1) is 5.92 Å². The van der Waals surface area contributed by atoms with Gasteiger partial charge in [-0.25, -0.2) is 0 Å².